The summed E-state index contributed by atoms with van der Waals surface area (Å²) in [6, 6.07) is 12.6. The summed E-state index contributed by atoms with van der Waals surface area (Å²) in [7, 11) is 1.94. The number of hydrogen-bond donors (Lipinski definition) is 1. The molecule has 2 aromatic rings. The molecular weight excluding hydrogens is 326 g/mol. The molecule has 0 saturated carbocycles. The van der Waals surface area contributed by atoms with E-state index in [1.54, 1.807) is 0 Å². The van der Waals surface area contributed by atoms with Gasteiger partial charge >= 0.3 is 0 Å². The smallest absolute Gasteiger partial charge is 0.132 e. The number of nitrogens with one attached hydrogen (secondary N) is 1. The highest BCUT2D eigenvalue weighted by Gasteiger charge is 2.09. The van der Waals surface area contributed by atoms with Crippen molar-refractivity contribution in [2.45, 2.75) is 33.2 Å². The molecule has 2 rings (SSSR count). The monoisotopic (exact) mass is 347 g/mol. The molecule has 0 unspecified atom stereocenters. The van der Waals surface area contributed by atoms with Crippen LogP contribution in [-0.2, 0) is 6.54 Å². The summed E-state index contributed by atoms with van der Waals surface area (Å²) in [5, 5.41) is 3.18. The first-order valence-corrected chi connectivity index (χ1v) is 8.02. The normalized spacial score (nSPS) is 11.0. The van der Waals surface area contributed by atoms with Gasteiger partial charge in [-0.15, -0.1) is 0 Å². The van der Waals surface area contributed by atoms with Crippen LogP contribution >= 0.6 is 15.9 Å². The Bertz CT molecular complexity index is 623. The number of ether oxygens (including phenoxy) is 1. The molecule has 0 heterocycles. The van der Waals surface area contributed by atoms with E-state index in [2.05, 4.69) is 66.3 Å². The summed E-state index contributed by atoms with van der Waals surface area (Å²) >= 11 is 3.51. The van der Waals surface area contributed by atoms with Gasteiger partial charge in [0.1, 0.15) is 11.5 Å². The SMILES string of the molecule is CNCc1cc(Br)ccc1Oc1cc(C(C)C)ccc1C. The van der Waals surface area contributed by atoms with E-state index in [1.165, 1.54) is 5.56 Å². The van der Waals surface area contributed by atoms with Gasteiger partial charge in [0.15, 0.2) is 0 Å². The van der Waals surface area contributed by atoms with Crippen LogP contribution in [0.2, 0.25) is 0 Å². The minimum absolute atomic E-state index is 0.495. The fourth-order valence-corrected chi connectivity index (χ4v) is 2.59. The van der Waals surface area contributed by atoms with Crippen LogP contribution in [0.1, 0.15) is 36.5 Å². The molecule has 0 atom stereocenters. The minimum Gasteiger partial charge on any atom is -0.457 e. The van der Waals surface area contributed by atoms with E-state index in [4.69, 9.17) is 4.74 Å². The Hall–Kier alpha value is -1.32. The Kier molecular flexibility index (Phi) is 5.43. The van der Waals surface area contributed by atoms with Crippen molar-refractivity contribution in [3.05, 3.63) is 57.6 Å². The second kappa shape index (κ2) is 7.10. The molecule has 0 aliphatic heterocycles. The Labute approximate surface area is 135 Å². The van der Waals surface area contributed by atoms with Gasteiger partial charge in [0.25, 0.3) is 0 Å². The van der Waals surface area contributed by atoms with E-state index in [0.29, 0.717) is 5.92 Å². The number of rotatable bonds is 5. The maximum atomic E-state index is 6.18. The first-order valence-electron chi connectivity index (χ1n) is 7.22. The summed E-state index contributed by atoms with van der Waals surface area (Å²) in [4.78, 5) is 0. The molecule has 0 fully saturated rings. The molecule has 0 spiro atoms. The summed E-state index contributed by atoms with van der Waals surface area (Å²) in [5.74, 6) is 2.33. The fraction of sp³-hybridized carbons (Fsp3) is 0.333. The van der Waals surface area contributed by atoms with Crippen molar-refractivity contribution in [1.82, 2.24) is 5.32 Å². The highest BCUT2D eigenvalue weighted by atomic mass is 79.9. The molecule has 0 amide bonds. The van der Waals surface area contributed by atoms with Crippen molar-refractivity contribution in [2.75, 3.05) is 7.05 Å². The van der Waals surface area contributed by atoms with Gasteiger partial charge in [0.2, 0.25) is 0 Å². The molecule has 0 radical (unpaired) electrons. The van der Waals surface area contributed by atoms with Crippen molar-refractivity contribution in [3.63, 3.8) is 0 Å². The molecule has 0 aromatic heterocycles. The van der Waals surface area contributed by atoms with E-state index < -0.39 is 0 Å². The van der Waals surface area contributed by atoms with Crippen LogP contribution in [0.4, 0.5) is 0 Å². The quantitative estimate of drug-likeness (QED) is 0.782. The molecule has 112 valence electrons. The van der Waals surface area contributed by atoms with Crippen molar-refractivity contribution in [2.24, 2.45) is 0 Å². The Balaban J connectivity index is 2.35. The van der Waals surface area contributed by atoms with Crippen molar-refractivity contribution >= 4 is 15.9 Å². The lowest BCUT2D eigenvalue weighted by molar-refractivity contribution is 0.469. The van der Waals surface area contributed by atoms with Crippen molar-refractivity contribution in [3.8, 4) is 11.5 Å². The molecule has 2 nitrogen and oxygen atoms in total. The maximum Gasteiger partial charge on any atom is 0.132 e. The maximum absolute atomic E-state index is 6.18. The molecule has 0 aliphatic rings. The van der Waals surface area contributed by atoms with Gasteiger partial charge in [-0.05, 0) is 55.3 Å². The van der Waals surface area contributed by atoms with E-state index in [1.807, 2.05) is 19.2 Å². The van der Waals surface area contributed by atoms with Gasteiger partial charge in [-0.25, -0.2) is 0 Å². The predicted molar refractivity (Wildman–Crippen MR) is 92.2 cm³/mol. The van der Waals surface area contributed by atoms with Gasteiger partial charge in [-0.3, -0.25) is 0 Å². The molecular formula is C18H22BrNO. The third-order valence-corrected chi connectivity index (χ3v) is 3.98. The van der Waals surface area contributed by atoms with Crippen LogP contribution in [0.3, 0.4) is 0 Å². The van der Waals surface area contributed by atoms with Crippen LogP contribution in [0.15, 0.2) is 40.9 Å². The van der Waals surface area contributed by atoms with Crippen LogP contribution in [0.5, 0.6) is 11.5 Å². The fourth-order valence-electron chi connectivity index (χ4n) is 2.18. The zero-order valence-electron chi connectivity index (χ0n) is 13.0. The van der Waals surface area contributed by atoms with E-state index in [-0.39, 0.29) is 0 Å². The molecule has 21 heavy (non-hydrogen) atoms. The average Bonchev–Trinajstić information content (AvgIpc) is 2.44. The second-order valence-corrected chi connectivity index (χ2v) is 6.48. The van der Waals surface area contributed by atoms with Gasteiger partial charge in [-0.1, -0.05) is 41.9 Å². The lowest BCUT2D eigenvalue weighted by Crippen LogP contribution is -2.06. The van der Waals surface area contributed by atoms with Crippen LogP contribution in [-0.4, -0.2) is 7.05 Å². The highest BCUT2D eigenvalue weighted by Crippen LogP contribution is 2.32. The topological polar surface area (TPSA) is 21.3 Å². The van der Waals surface area contributed by atoms with Crippen molar-refractivity contribution < 1.29 is 4.74 Å². The molecule has 2 aromatic carbocycles. The third kappa shape index (κ3) is 4.08. The molecule has 0 aliphatic carbocycles. The Morgan fingerprint density at radius 3 is 2.52 bits per heavy atom. The average molecular weight is 348 g/mol. The third-order valence-electron chi connectivity index (χ3n) is 3.49. The number of halogens is 1. The largest absolute Gasteiger partial charge is 0.457 e. The molecule has 0 bridgehead atoms. The van der Waals surface area contributed by atoms with Gasteiger partial charge < -0.3 is 10.1 Å². The molecule has 0 saturated heterocycles. The summed E-state index contributed by atoms with van der Waals surface area (Å²) in [6.45, 7) is 7.24. The first-order chi connectivity index (χ1) is 10.0. The first kappa shape index (κ1) is 16.1. The molecule has 3 heteroatoms. The minimum atomic E-state index is 0.495. The highest BCUT2D eigenvalue weighted by molar-refractivity contribution is 9.10. The van der Waals surface area contributed by atoms with E-state index in [9.17, 15) is 0 Å². The van der Waals surface area contributed by atoms with Crippen LogP contribution in [0.25, 0.3) is 0 Å². The lowest BCUT2D eigenvalue weighted by Gasteiger charge is -2.15. The predicted octanol–water partition coefficient (Wildman–Crippen LogP) is 5.39. The Morgan fingerprint density at radius 2 is 1.86 bits per heavy atom. The molecule has 1 N–H and O–H groups in total. The second-order valence-electron chi connectivity index (χ2n) is 5.56. The standard InChI is InChI=1S/C18H22BrNO/c1-12(2)14-6-5-13(3)18(10-14)21-17-8-7-16(19)9-15(17)11-20-4/h5-10,12,20H,11H2,1-4H3. The zero-order chi connectivity index (χ0) is 15.4. The van der Waals surface area contributed by atoms with Crippen molar-refractivity contribution in [1.29, 1.82) is 0 Å². The number of hydrogen-bond acceptors (Lipinski definition) is 2. The Morgan fingerprint density at radius 1 is 1.10 bits per heavy atom. The summed E-state index contributed by atoms with van der Waals surface area (Å²) < 4.78 is 7.24. The number of aryl methyl sites for hydroxylation is 1. The summed E-state index contributed by atoms with van der Waals surface area (Å²) in [6.07, 6.45) is 0. The van der Waals surface area contributed by atoms with Gasteiger partial charge in [0.05, 0.1) is 0 Å². The lowest BCUT2D eigenvalue weighted by atomic mass is 10.0. The van der Waals surface area contributed by atoms with Crippen LogP contribution in [0, 0.1) is 6.92 Å². The number of benzene rings is 2. The van der Waals surface area contributed by atoms with E-state index >= 15 is 0 Å². The zero-order valence-corrected chi connectivity index (χ0v) is 14.6. The van der Waals surface area contributed by atoms with E-state index in [0.717, 1.165) is 33.6 Å². The van der Waals surface area contributed by atoms with Gasteiger partial charge in [0, 0.05) is 16.6 Å². The summed E-state index contributed by atoms with van der Waals surface area (Å²) in [5.41, 5.74) is 3.59. The van der Waals surface area contributed by atoms with Crippen LogP contribution < -0.4 is 10.1 Å². The van der Waals surface area contributed by atoms with Gasteiger partial charge in [-0.2, -0.15) is 0 Å².